The van der Waals surface area contributed by atoms with E-state index in [4.69, 9.17) is 5.73 Å². The Hall–Kier alpha value is -1.57. The number of carbonyl (C=O) groups is 1. The van der Waals surface area contributed by atoms with Crippen LogP contribution in [0.5, 0.6) is 0 Å². The minimum Gasteiger partial charge on any atom is -0.369 e. The van der Waals surface area contributed by atoms with Crippen LogP contribution in [0.4, 0.5) is 0 Å². The molecule has 1 amide bonds. The van der Waals surface area contributed by atoms with Gasteiger partial charge in [0.15, 0.2) is 0 Å². The number of allylic oxidation sites excluding steroid dienone is 1. The molecule has 0 radical (unpaired) electrons. The lowest BCUT2D eigenvalue weighted by Crippen LogP contribution is -2.12. The zero-order valence-corrected chi connectivity index (χ0v) is 8.36. The van der Waals surface area contributed by atoms with Crippen LogP contribution in [0, 0.1) is 0 Å². The first-order valence-electron chi connectivity index (χ1n) is 4.68. The second-order valence-corrected chi connectivity index (χ2v) is 3.25. The van der Waals surface area contributed by atoms with Gasteiger partial charge in [-0.15, -0.1) is 0 Å². The summed E-state index contributed by atoms with van der Waals surface area (Å²) in [5.41, 5.74) is 7.43. The van der Waals surface area contributed by atoms with Crippen molar-refractivity contribution >= 4 is 5.91 Å². The van der Waals surface area contributed by atoms with Crippen LogP contribution in [0.15, 0.2) is 42.0 Å². The quantitative estimate of drug-likeness (QED) is 0.724. The van der Waals surface area contributed by atoms with E-state index in [0.29, 0.717) is 6.42 Å². The van der Waals surface area contributed by atoms with E-state index in [1.54, 1.807) is 0 Å². The monoisotopic (exact) mass is 189 g/mol. The average Bonchev–Trinajstić information content (AvgIpc) is 2.17. The maximum atomic E-state index is 10.7. The molecule has 0 saturated carbocycles. The van der Waals surface area contributed by atoms with Crippen LogP contribution < -0.4 is 5.73 Å². The summed E-state index contributed by atoms with van der Waals surface area (Å²) in [6, 6.07) is 10.1. The highest BCUT2D eigenvalue weighted by atomic mass is 16.1. The van der Waals surface area contributed by atoms with Gasteiger partial charge < -0.3 is 5.73 Å². The highest BCUT2D eigenvalue weighted by molar-refractivity contribution is 5.76. The first kappa shape index (κ1) is 10.5. The molecule has 2 N–H and O–H groups in total. The van der Waals surface area contributed by atoms with E-state index in [0.717, 1.165) is 12.0 Å². The van der Waals surface area contributed by atoms with Crippen molar-refractivity contribution in [2.75, 3.05) is 0 Å². The summed E-state index contributed by atoms with van der Waals surface area (Å²) in [5, 5.41) is 0. The number of carbonyl (C=O) groups excluding carboxylic acids is 1. The molecule has 0 fully saturated rings. The largest absolute Gasteiger partial charge is 0.369 e. The van der Waals surface area contributed by atoms with Crippen molar-refractivity contribution < 1.29 is 4.79 Å². The molecule has 0 aromatic heterocycles. The Morgan fingerprint density at radius 3 is 2.50 bits per heavy atom. The number of hydrogen-bond acceptors (Lipinski definition) is 1. The first-order valence-corrected chi connectivity index (χ1v) is 4.68. The van der Waals surface area contributed by atoms with Crippen LogP contribution in [0.3, 0.4) is 0 Å². The molecule has 0 heterocycles. The minimum atomic E-state index is -0.269. The van der Waals surface area contributed by atoms with Gasteiger partial charge in [-0.05, 0) is 18.9 Å². The summed E-state index contributed by atoms with van der Waals surface area (Å²) < 4.78 is 0. The lowest BCUT2D eigenvalue weighted by Gasteiger charge is -2.04. The Bertz CT molecular complexity index is 327. The van der Waals surface area contributed by atoms with E-state index in [9.17, 15) is 4.79 Å². The molecular formula is C12H15NO. The fourth-order valence-corrected chi connectivity index (χ4v) is 1.35. The van der Waals surface area contributed by atoms with Gasteiger partial charge in [0.1, 0.15) is 0 Å². The molecule has 1 aromatic rings. The predicted molar refractivity (Wildman–Crippen MR) is 57.7 cm³/mol. The lowest BCUT2D eigenvalue weighted by molar-refractivity contribution is -0.117. The third-order valence-corrected chi connectivity index (χ3v) is 2.08. The second-order valence-electron chi connectivity index (χ2n) is 3.25. The van der Waals surface area contributed by atoms with Crippen molar-refractivity contribution in [1.29, 1.82) is 0 Å². The van der Waals surface area contributed by atoms with Gasteiger partial charge in [0.05, 0.1) is 0 Å². The Balaban J connectivity index is 2.63. The average molecular weight is 189 g/mol. The normalized spacial score (nSPS) is 11.4. The molecule has 0 bridgehead atoms. The Morgan fingerprint density at radius 1 is 1.36 bits per heavy atom. The molecule has 0 atom stereocenters. The van der Waals surface area contributed by atoms with E-state index in [-0.39, 0.29) is 5.91 Å². The first-order chi connectivity index (χ1) is 6.72. The summed E-state index contributed by atoms with van der Waals surface area (Å²) >= 11 is 0. The maximum absolute atomic E-state index is 10.7. The van der Waals surface area contributed by atoms with Crippen LogP contribution in [0.2, 0.25) is 0 Å². The summed E-state index contributed by atoms with van der Waals surface area (Å²) in [5.74, 6) is -0.269. The maximum Gasteiger partial charge on any atom is 0.221 e. The SMILES string of the molecule is C/C=C(\CC(N)=O)Cc1ccccc1. The topological polar surface area (TPSA) is 43.1 Å². The molecule has 0 aliphatic carbocycles. The van der Waals surface area contributed by atoms with Crippen LogP contribution in [-0.2, 0) is 11.2 Å². The van der Waals surface area contributed by atoms with Crippen LogP contribution in [0.1, 0.15) is 18.9 Å². The third-order valence-electron chi connectivity index (χ3n) is 2.08. The molecule has 0 unspecified atom stereocenters. The van der Waals surface area contributed by atoms with Crippen molar-refractivity contribution in [2.45, 2.75) is 19.8 Å². The fraction of sp³-hybridized carbons (Fsp3) is 0.250. The molecule has 0 aliphatic rings. The lowest BCUT2D eigenvalue weighted by atomic mass is 10.0. The van der Waals surface area contributed by atoms with Gasteiger partial charge in [-0.3, -0.25) is 4.79 Å². The molecule has 2 nitrogen and oxygen atoms in total. The van der Waals surface area contributed by atoms with E-state index in [1.165, 1.54) is 5.56 Å². The Morgan fingerprint density at radius 2 is 2.00 bits per heavy atom. The van der Waals surface area contributed by atoms with E-state index in [1.807, 2.05) is 43.3 Å². The number of rotatable bonds is 4. The van der Waals surface area contributed by atoms with Gasteiger partial charge >= 0.3 is 0 Å². The highest BCUT2D eigenvalue weighted by Gasteiger charge is 2.01. The van der Waals surface area contributed by atoms with Crippen LogP contribution in [-0.4, -0.2) is 5.91 Å². The van der Waals surface area contributed by atoms with Gasteiger partial charge in [-0.1, -0.05) is 42.0 Å². The van der Waals surface area contributed by atoms with Crippen molar-refractivity contribution in [3.63, 3.8) is 0 Å². The van der Waals surface area contributed by atoms with Gasteiger partial charge in [-0.2, -0.15) is 0 Å². The van der Waals surface area contributed by atoms with Crippen LogP contribution in [0.25, 0.3) is 0 Å². The van der Waals surface area contributed by atoms with Gasteiger partial charge in [0.2, 0.25) is 5.91 Å². The number of amides is 1. The van der Waals surface area contributed by atoms with Crippen molar-refractivity contribution in [3.05, 3.63) is 47.5 Å². The molecule has 74 valence electrons. The predicted octanol–water partition coefficient (Wildman–Crippen LogP) is 2.05. The molecular weight excluding hydrogens is 174 g/mol. The molecule has 1 aromatic carbocycles. The second kappa shape index (κ2) is 5.22. The summed E-state index contributed by atoms with van der Waals surface area (Å²) in [7, 11) is 0. The van der Waals surface area contributed by atoms with E-state index < -0.39 is 0 Å². The van der Waals surface area contributed by atoms with Gasteiger partial charge in [0, 0.05) is 6.42 Å². The summed E-state index contributed by atoms with van der Waals surface area (Å²) in [6.07, 6.45) is 3.11. The third kappa shape index (κ3) is 3.44. The zero-order chi connectivity index (χ0) is 10.4. The molecule has 2 heteroatoms. The van der Waals surface area contributed by atoms with Crippen molar-refractivity contribution in [2.24, 2.45) is 5.73 Å². The summed E-state index contributed by atoms with van der Waals surface area (Å²) in [6.45, 7) is 1.93. The molecule has 0 saturated heterocycles. The van der Waals surface area contributed by atoms with E-state index >= 15 is 0 Å². The minimum absolute atomic E-state index is 0.269. The fourth-order valence-electron chi connectivity index (χ4n) is 1.35. The Labute approximate surface area is 84.4 Å². The Kier molecular flexibility index (Phi) is 3.92. The number of hydrogen-bond donors (Lipinski definition) is 1. The zero-order valence-electron chi connectivity index (χ0n) is 8.36. The standard InChI is InChI=1S/C12H15NO/c1-2-10(9-12(13)14)8-11-6-4-3-5-7-11/h2-7H,8-9H2,1H3,(H2,13,14)/b10-2-. The molecule has 14 heavy (non-hydrogen) atoms. The van der Waals surface area contributed by atoms with E-state index in [2.05, 4.69) is 0 Å². The molecule has 0 spiro atoms. The van der Waals surface area contributed by atoms with Crippen molar-refractivity contribution in [1.82, 2.24) is 0 Å². The van der Waals surface area contributed by atoms with Crippen LogP contribution >= 0.6 is 0 Å². The van der Waals surface area contributed by atoms with Crippen molar-refractivity contribution in [3.8, 4) is 0 Å². The number of benzene rings is 1. The molecule has 1 rings (SSSR count). The highest BCUT2D eigenvalue weighted by Crippen LogP contribution is 2.10. The van der Waals surface area contributed by atoms with Gasteiger partial charge in [-0.25, -0.2) is 0 Å². The molecule has 0 aliphatic heterocycles. The van der Waals surface area contributed by atoms with Gasteiger partial charge in [0.25, 0.3) is 0 Å². The smallest absolute Gasteiger partial charge is 0.221 e. The summed E-state index contributed by atoms with van der Waals surface area (Å²) in [4.78, 5) is 10.7. The number of primary amides is 1. The number of nitrogens with two attached hydrogens (primary N) is 1.